The molecule has 0 bridgehead atoms. The molecule has 0 spiro atoms. The summed E-state index contributed by atoms with van der Waals surface area (Å²) >= 11 is 0. The third-order valence-electron chi connectivity index (χ3n) is 3.83. The zero-order chi connectivity index (χ0) is 15.1. The van der Waals surface area contributed by atoms with Crippen LogP contribution in [0.5, 0.6) is 0 Å². The minimum Gasteiger partial charge on any atom is -0.325 e. The summed E-state index contributed by atoms with van der Waals surface area (Å²) < 4.78 is 29.0. The highest BCUT2D eigenvalue weighted by Gasteiger charge is 2.17. The van der Waals surface area contributed by atoms with Crippen LogP contribution in [0.1, 0.15) is 18.1 Å². The van der Waals surface area contributed by atoms with Gasteiger partial charge >= 0.3 is 0 Å². The molecule has 0 unspecified atom stereocenters. The van der Waals surface area contributed by atoms with Crippen LogP contribution >= 0.6 is 0 Å². The number of pyridine rings is 1. The van der Waals surface area contributed by atoms with Gasteiger partial charge in [0.2, 0.25) is 0 Å². The number of hydrogen-bond donors (Lipinski definition) is 0. The zero-order valence-electron chi connectivity index (χ0n) is 12.1. The van der Waals surface area contributed by atoms with Crippen LogP contribution in [0.2, 0.25) is 0 Å². The Morgan fingerprint density at radius 3 is 2.67 bits per heavy atom. The van der Waals surface area contributed by atoms with Crippen LogP contribution in [0.25, 0.3) is 22.4 Å². The van der Waals surface area contributed by atoms with Gasteiger partial charge in [-0.25, -0.2) is 13.8 Å². The Kier molecular flexibility index (Phi) is 3.20. The van der Waals surface area contributed by atoms with Crippen LogP contribution in [0.15, 0.2) is 24.5 Å². The summed E-state index contributed by atoms with van der Waals surface area (Å²) in [6.45, 7) is 4.05. The molecule has 0 fully saturated rings. The van der Waals surface area contributed by atoms with E-state index in [-0.39, 0.29) is 0 Å². The van der Waals surface area contributed by atoms with Gasteiger partial charge in [-0.1, -0.05) is 6.92 Å². The maximum Gasteiger partial charge on any atom is 0.152 e. The molecule has 0 aliphatic carbocycles. The molecule has 0 atom stereocenters. The van der Waals surface area contributed by atoms with E-state index in [0.717, 1.165) is 29.2 Å². The summed E-state index contributed by atoms with van der Waals surface area (Å²) in [4.78, 5) is 8.61. The molecule has 0 aliphatic rings. The van der Waals surface area contributed by atoms with E-state index in [4.69, 9.17) is 0 Å². The number of halogens is 2. The predicted molar refractivity (Wildman–Crippen MR) is 78.0 cm³/mol. The molecule has 21 heavy (non-hydrogen) atoms. The second-order valence-electron chi connectivity index (χ2n) is 5.07. The number of aryl methyl sites for hydroxylation is 2. The minimum atomic E-state index is -0.623. The summed E-state index contributed by atoms with van der Waals surface area (Å²) in [5.41, 5.74) is 3.63. The van der Waals surface area contributed by atoms with Crippen LogP contribution < -0.4 is 0 Å². The summed E-state index contributed by atoms with van der Waals surface area (Å²) in [6, 6.07) is 2.12. The van der Waals surface area contributed by atoms with Crippen LogP contribution in [-0.2, 0) is 13.5 Å². The molecular formula is C16H15F2N3. The van der Waals surface area contributed by atoms with Crippen molar-refractivity contribution < 1.29 is 8.78 Å². The second kappa shape index (κ2) is 4.91. The lowest BCUT2D eigenvalue weighted by Crippen LogP contribution is -1.99. The maximum atomic E-state index is 14.0. The Bertz CT molecular complexity index is 837. The quantitative estimate of drug-likeness (QED) is 0.718. The lowest BCUT2D eigenvalue weighted by atomic mass is 10.0. The Morgan fingerprint density at radius 1 is 1.19 bits per heavy atom. The zero-order valence-corrected chi connectivity index (χ0v) is 12.1. The van der Waals surface area contributed by atoms with Gasteiger partial charge in [-0.2, -0.15) is 0 Å². The number of hydrogen-bond acceptors (Lipinski definition) is 2. The van der Waals surface area contributed by atoms with Crippen LogP contribution in [0.4, 0.5) is 8.78 Å². The van der Waals surface area contributed by atoms with Gasteiger partial charge in [0.25, 0.3) is 0 Å². The molecule has 3 rings (SSSR count). The van der Waals surface area contributed by atoms with E-state index in [1.165, 1.54) is 6.07 Å². The molecule has 0 saturated carbocycles. The maximum absolute atomic E-state index is 14.0. The highest BCUT2D eigenvalue weighted by molar-refractivity contribution is 5.81. The molecule has 0 saturated heterocycles. The van der Waals surface area contributed by atoms with Gasteiger partial charge < -0.3 is 4.57 Å². The molecule has 108 valence electrons. The van der Waals surface area contributed by atoms with Crippen LogP contribution in [0.3, 0.4) is 0 Å². The molecule has 2 aromatic heterocycles. The van der Waals surface area contributed by atoms with E-state index < -0.39 is 11.6 Å². The molecule has 0 N–H and O–H groups in total. The Hall–Kier alpha value is -2.30. The molecule has 2 heterocycles. The number of benzene rings is 1. The van der Waals surface area contributed by atoms with E-state index in [0.29, 0.717) is 16.9 Å². The fourth-order valence-corrected chi connectivity index (χ4v) is 2.66. The largest absolute Gasteiger partial charge is 0.325 e. The van der Waals surface area contributed by atoms with Crippen molar-refractivity contribution in [1.29, 1.82) is 0 Å². The van der Waals surface area contributed by atoms with E-state index in [1.807, 2.05) is 13.1 Å². The summed E-state index contributed by atoms with van der Waals surface area (Å²) in [7, 11) is 1.73. The fraction of sp³-hybridized carbons (Fsp3) is 0.250. The lowest BCUT2D eigenvalue weighted by molar-refractivity contribution is 0.588. The highest BCUT2D eigenvalue weighted by Crippen LogP contribution is 2.29. The fourth-order valence-electron chi connectivity index (χ4n) is 2.66. The van der Waals surface area contributed by atoms with Gasteiger partial charge in [-0.3, -0.25) is 4.98 Å². The predicted octanol–water partition coefficient (Wildman–Crippen LogP) is 3.78. The third-order valence-corrected chi connectivity index (χ3v) is 3.83. The minimum absolute atomic E-state index is 0.299. The van der Waals surface area contributed by atoms with Gasteiger partial charge in [0, 0.05) is 37.1 Å². The normalized spacial score (nSPS) is 11.3. The van der Waals surface area contributed by atoms with Crippen molar-refractivity contribution in [1.82, 2.24) is 14.5 Å². The average Bonchev–Trinajstić information content (AvgIpc) is 2.76. The first-order valence-electron chi connectivity index (χ1n) is 6.78. The smallest absolute Gasteiger partial charge is 0.152 e. The third kappa shape index (κ3) is 2.09. The summed E-state index contributed by atoms with van der Waals surface area (Å²) in [5.74, 6) is -0.639. The van der Waals surface area contributed by atoms with Crippen molar-refractivity contribution in [2.24, 2.45) is 7.05 Å². The first kappa shape index (κ1) is 13.7. The monoisotopic (exact) mass is 287 g/mol. The molecule has 3 aromatic rings. The summed E-state index contributed by atoms with van der Waals surface area (Å²) in [6.07, 6.45) is 4.39. The van der Waals surface area contributed by atoms with E-state index >= 15 is 0 Å². The number of rotatable bonds is 2. The van der Waals surface area contributed by atoms with E-state index in [9.17, 15) is 8.78 Å². The van der Waals surface area contributed by atoms with Gasteiger partial charge in [0.15, 0.2) is 5.82 Å². The topological polar surface area (TPSA) is 30.7 Å². The van der Waals surface area contributed by atoms with Crippen molar-refractivity contribution in [3.63, 3.8) is 0 Å². The number of fused-ring (bicyclic) bond motifs is 1. The number of aromatic nitrogens is 3. The molecule has 1 aromatic carbocycles. The molecule has 5 heteroatoms. The van der Waals surface area contributed by atoms with Gasteiger partial charge in [-0.05, 0) is 24.5 Å². The van der Waals surface area contributed by atoms with Crippen molar-refractivity contribution in [3.8, 4) is 11.4 Å². The Labute approximate surface area is 121 Å². The molecule has 0 aliphatic heterocycles. The Balaban J connectivity index is 2.31. The average molecular weight is 287 g/mol. The van der Waals surface area contributed by atoms with E-state index in [2.05, 4.69) is 16.9 Å². The second-order valence-corrected chi connectivity index (χ2v) is 5.07. The highest BCUT2D eigenvalue weighted by atomic mass is 19.1. The van der Waals surface area contributed by atoms with Gasteiger partial charge in [0.05, 0.1) is 5.52 Å². The summed E-state index contributed by atoms with van der Waals surface area (Å²) in [5, 5.41) is 0. The van der Waals surface area contributed by atoms with Crippen molar-refractivity contribution >= 4 is 11.0 Å². The molecular weight excluding hydrogens is 272 g/mol. The van der Waals surface area contributed by atoms with Crippen molar-refractivity contribution in [3.05, 3.63) is 47.3 Å². The van der Waals surface area contributed by atoms with E-state index in [1.54, 1.807) is 17.8 Å². The Morgan fingerprint density at radius 2 is 1.95 bits per heavy atom. The number of imidazole rings is 1. The van der Waals surface area contributed by atoms with Crippen LogP contribution in [-0.4, -0.2) is 14.5 Å². The molecule has 0 radical (unpaired) electrons. The van der Waals surface area contributed by atoms with Gasteiger partial charge in [-0.15, -0.1) is 0 Å². The first-order valence-corrected chi connectivity index (χ1v) is 6.78. The first-order chi connectivity index (χ1) is 10.0. The lowest BCUT2D eigenvalue weighted by Gasteiger charge is -2.09. The van der Waals surface area contributed by atoms with Gasteiger partial charge in [0.1, 0.15) is 17.2 Å². The van der Waals surface area contributed by atoms with Crippen molar-refractivity contribution in [2.75, 3.05) is 0 Å². The number of nitrogens with zero attached hydrogens (tertiary/aromatic N) is 3. The molecule has 0 amide bonds. The standard InChI is InChI=1S/C16H15F2N3/c1-4-10-7-19-8-12(9(10)2)16-20-14-6-11(17)5-13(18)15(14)21(16)3/h5-8H,4H2,1-3H3. The van der Waals surface area contributed by atoms with Crippen molar-refractivity contribution in [2.45, 2.75) is 20.3 Å². The molecule has 3 nitrogen and oxygen atoms in total. The SMILES string of the molecule is CCc1cncc(-c2nc3cc(F)cc(F)c3n2C)c1C. The van der Waals surface area contributed by atoms with Crippen LogP contribution in [0, 0.1) is 18.6 Å².